The zero-order chi connectivity index (χ0) is 17.4. The Labute approximate surface area is 143 Å². The van der Waals surface area contributed by atoms with E-state index >= 15 is 0 Å². The average molecular weight is 350 g/mol. The molecule has 2 aliphatic rings. The van der Waals surface area contributed by atoms with Crippen LogP contribution < -0.4 is 5.32 Å². The van der Waals surface area contributed by atoms with Crippen LogP contribution in [0.3, 0.4) is 0 Å². The molecule has 2 unspecified atom stereocenters. The minimum atomic E-state index is -1.19. The molecule has 3 N–H and O–H groups in total. The van der Waals surface area contributed by atoms with Gasteiger partial charge in [-0.15, -0.1) is 0 Å². The first-order chi connectivity index (χ1) is 11.4. The largest absolute Gasteiger partial charge is 0.490 e. The van der Waals surface area contributed by atoms with Gasteiger partial charge in [-0.05, 0) is 24.1 Å². The van der Waals surface area contributed by atoms with Gasteiger partial charge in [-0.3, -0.25) is 4.79 Å². The van der Waals surface area contributed by atoms with Gasteiger partial charge in [-0.2, -0.15) is 0 Å². The number of carboxylic acids is 2. The minimum Gasteiger partial charge on any atom is -0.490 e. The van der Waals surface area contributed by atoms with Crippen LogP contribution in [0.15, 0.2) is 46.9 Å². The van der Waals surface area contributed by atoms with Gasteiger partial charge < -0.3 is 20.3 Å². The normalized spacial score (nSPS) is 23.2. The van der Waals surface area contributed by atoms with Crippen molar-refractivity contribution >= 4 is 23.5 Å². The van der Waals surface area contributed by atoms with Crippen LogP contribution in [0.2, 0.25) is 5.02 Å². The number of hydrogen-bond donors (Lipinski definition) is 3. The monoisotopic (exact) mass is 349 g/mol. The van der Waals surface area contributed by atoms with E-state index in [-0.39, 0.29) is 5.57 Å². The van der Waals surface area contributed by atoms with Crippen molar-refractivity contribution in [1.82, 2.24) is 5.32 Å². The molecule has 0 radical (unpaired) electrons. The lowest BCUT2D eigenvalue weighted by Gasteiger charge is -2.36. The van der Waals surface area contributed by atoms with Crippen LogP contribution in [0.5, 0.6) is 0 Å². The van der Waals surface area contributed by atoms with Crippen LogP contribution in [-0.2, 0) is 14.3 Å². The number of rotatable bonds is 3. The van der Waals surface area contributed by atoms with Crippen molar-refractivity contribution < 1.29 is 24.5 Å². The number of aliphatic carboxylic acids is 2. The third-order valence-electron chi connectivity index (χ3n) is 4.35. The molecule has 6 nitrogen and oxygen atoms in total. The van der Waals surface area contributed by atoms with Crippen molar-refractivity contribution in [3.8, 4) is 0 Å². The van der Waals surface area contributed by atoms with Gasteiger partial charge in [-0.1, -0.05) is 29.8 Å². The van der Waals surface area contributed by atoms with Gasteiger partial charge in [0, 0.05) is 17.5 Å². The van der Waals surface area contributed by atoms with Gasteiger partial charge in [0.15, 0.2) is 0 Å². The summed E-state index contributed by atoms with van der Waals surface area (Å²) in [5.74, 6) is -3.95. The highest BCUT2D eigenvalue weighted by Gasteiger charge is 2.45. The highest BCUT2D eigenvalue weighted by atomic mass is 35.5. The zero-order valence-electron chi connectivity index (χ0n) is 12.9. The molecule has 1 aliphatic heterocycles. The molecule has 1 aliphatic carbocycles. The van der Waals surface area contributed by atoms with Gasteiger partial charge in [-0.25, -0.2) is 4.79 Å². The van der Waals surface area contributed by atoms with Crippen molar-refractivity contribution in [2.24, 2.45) is 5.92 Å². The summed E-state index contributed by atoms with van der Waals surface area (Å²) in [6.45, 7) is 2.46. The Morgan fingerprint density at radius 1 is 1.29 bits per heavy atom. The first-order valence-electron chi connectivity index (χ1n) is 7.46. The van der Waals surface area contributed by atoms with Crippen LogP contribution in [0.1, 0.15) is 18.4 Å². The topological polar surface area (TPSA) is 95.9 Å². The average Bonchev–Trinajstić information content (AvgIpc) is 2.54. The maximum atomic E-state index is 12.0. The molecule has 0 spiro atoms. The summed E-state index contributed by atoms with van der Waals surface area (Å²) >= 11 is 6.24. The molecule has 24 heavy (non-hydrogen) atoms. The van der Waals surface area contributed by atoms with Crippen molar-refractivity contribution in [1.29, 1.82) is 0 Å². The molecule has 2 atom stereocenters. The second-order valence-corrected chi connectivity index (χ2v) is 6.10. The van der Waals surface area contributed by atoms with E-state index in [4.69, 9.17) is 16.3 Å². The van der Waals surface area contributed by atoms with Gasteiger partial charge in [0.05, 0.1) is 17.2 Å². The van der Waals surface area contributed by atoms with Crippen LogP contribution in [0.4, 0.5) is 0 Å². The van der Waals surface area contributed by atoms with Gasteiger partial charge in [0.25, 0.3) is 0 Å². The Morgan fingerprint density at radius 3 is 2.62 bits per heavy atom. The smallest absolute Gasteiger partial charge is 0.334 e. The standard InChI is InChI=1S/C17H16ClNO5/c1-8-11(16(20)21)12(9-4-2-3-5-10(9)18)13(17(22)23)14-15(8)24-7-6-19-14/h2-5,11-12,19H,6-7H2,1H3,(H,20,21)(H,22,23). The fraction of sp³-hybridized carbons (Fsp3) is 0.294. The molecule has 1 fully saturated rings. The maximum Gasteiger partial charge on any atom is 0.334 e. The van der Waals surface area contributed by atoms with Crippen molar-refractivity contribution in [3.05, 3.63) is 57.5 Å². The Bertz CT molecular complexity index is 783. The van der Waals surface area contributed by atoms with Crippen LogP contribution >= 0.6 is 11.6 Å². The molecule has 3 rings (SSSR count). The molecule has 1 saturated heterocycles. The molecular weight excluding hydrogens is 334 g/mol. The molecule has 7 heteroatoms. The van der Waals surface area contributed by atoms with Gasteiger partial charge in [0.2, 0.25) is 0 Å². The van der Waals surface area contributed by atoms with E-state index in [1.807, 2.05) is 0 Å². The lowest BCUT2D eigenvalue weighted by Crippen LogP contribution is -2.39. The molecule has 0 amide bonds. The molecule has 1 aromatic carbocycles. The third kappa shape index (κ3) is 2.53. The second kappa shape index (κ2) is 6.20. The predicted molar refractivity (Wildman–Crippen MR) is 86.6 cm³/mol. The highest BCUT2D eigenvalue weighted by Crippen LogP contribution is 2.46. The zero-order valence-corrected chi connectivity index (χ0v) is 13.6. The fourth-order valence-corrected chi connectivity index (χ4v) is 3.61. The van der Waals surface area contributed by atoms with Crippen molar-refractivity contribution in [2.45, 2.75) is 12.8 Å². The number of halogens is 1. The molecule has 1 aromatic rings. The maximum absolute atomic E-state index is 12.0. The lowest BCUT2D eigenvalue weighted by molar-refractivity contribution is -0.141. The molecule has 0 bridgehead atoms. The number of morpholine rings is 1. The number of benzene rings is 1. The Morgan fingerprint density at radius 2 is 2.00 bits per heavy atom. The molecule has 0 aromatic heterocycles. The van der Waals surface area contributed by atoms with E-state index < -0.39 is 23.8 Å². The van der Waals surface area contributed by atoms with E-state index in [0.717, 1.165) is 0 Å². The van der Waals surface area contributed by atoms with Crippen LogP contribution in [0.25, 0.3) is 0 Å². The Kier molecular flexibility index (Phi) is 4.24. The van der Waals surface area contributed by atoms with Crippen molar-refractivity contribution in [3.63, 3.8) is 0 Å². The van der Waals surface area contributed by atoms with E-state index in [1.54, 1.807) is 31.2 Å². The summed E-state index contributed by atoms with van der Waals surface area (Å²) in [6.07, 6.45) is 0. The minimum absolute atomic E-state index is 0.0317. The molecule has 1 heterocycles. The summed E-state index contributed by atoms with van der Waals surface area (Å²) in [5.41, 5.74) is 1.27. The number of fused-ring (bicyclic) bond motifs is 1. The van der Waals surface area contributed by atoms with E-state index in [2.05, 4.69) is 5.32 Å². The van der Waals surface area contributed by atoms with E-state index in [1.165, 1.54) is 0 Å². The lowest BCUT2D eigenvalue weighted by atomic mass is 9.72. The van der Waals surface area contributed by atoms with E-state index in [9.17, 15) is 19.8 Å². The van der Waals surface area contributed by atoms with Gasteiger partial charge >= 0.3 is 11.9 Å². The number of nitrogens with one attached hydrogen (secondary N) is 1. The highest BCUT2D eigenvalue weighted by molar-refractivity contribution is 6.31. The summed E-state index contributed by atoms with van der Waals surface area (Å²) in [7, 11) is 0. The fourth-order valence-electron chi connectivity index (χ4n) is 3.35. The number of hydrogen-bond acceptors (Lipinski definition) is 4. The SMILES string of the molecule is CC1=C2OCCNC2=C(C(=O)O)C(c2ccccc2Cl)C1C(=O)O. The van der Waals surface area contributed by atoms with Crippen LogP contribution in [0, 0.1) is 5.92 Å². The number of carbonyl (C=O) groups is 2. The van der Waals surface area contributed by atoms with Crippen molar-refractivity contribution in [2.75, 3.05) is 13.2 Å². The first-order valence-corrected chi connectivity index (χ1v) is 7.83. The second-order valence-electron chi connectivity index (χ2n) is 5.70. The molecule has 0 saturated carbocycles. The summed E-state index contributed by atoms with van der Waals surface area (Å²) in [6, 6.07) is 6.71. The summed E-state index contributed by atoms with van der Waals surface area (Å²) in [4.78, 5) is 23.9. The van der Waals surface area contributed by atoms with Gasteiger partial charge in [0.1, 0.15) is 12.4 Å². The number of carboxylic acid groups (broad SMARTS) is 2. The molecular formula is C17H16ClNO5. The Hall–Kier alpha value is -2.47. The summed E-state index contributed by atoms with van der Waals surface area (Å²) < 4.78 is 5.57. The number of ether oxygens (including phenoxy) is 1. The Balaban J connectivity index is 2.29. The molecule has 126 valence electrons. The van der Waals surface area contributed by atoms with Crippen LogP contribution in [-0.4, -0.2) is 35.3 Å². The first kappa shape index (κ1) is 16.4. The third-order valence-corrected chi connectivity index (χ3v) is 4.70. The predicted octanol–water partition coefficient (Wildman–Crippen LogP) is 2.37. The summed E-state index contributed by atoms with van der Waals surface area (Å²) in [5, 5.41) is 22.9. The quantitative estimate of drug-likeness (QED) is 0.775. The van der Waals surface area contributed by atoms with E-state index in [0.29, 0.717) is 40.8 Å².